The van der Waals surface area contributed by atoms with Crippen LogP contribution in [0.1, 0.15) is 135 Å². The van der Waals surface area contributed by atoms with Gasteiger partial charge in [-0.05, 0) is 64.8 Å². The summed E-state index contributed by atoms with van der Waals surface area (Å²) in [4.78, 5) is 0. The summed E-state index contributed by atoms with van der Waals surface area (Å²) in [6.07, 6.45) is 45.2. The van der Waals surface area contributed by atoms with Gasteiger partial charge in [0.25, 0.3) is 0 Å². The van der Waals surface area contributed by atoms with Crippen molar-refractivity contribution in [1.29, 1.82) is 0 Å². The maximum atomic E-state index is 4.17. The van der Waals surface area contributed by atoms with Gasteiger partial charge in [-0.15, -0.1) is 0 Å². The summed E-state index contributed by atoms with van der Waals surface area (Å²) in [7, 11) is 0. The molecule has 0 spiro atoms. The Kier molecular flexibility index (Phi) is 21.9. The van der Waals surface area contributed by atoms with Gasteiger partial charge in [0.2, 0.25) is 19.0 Å². The van der Waals surface area contributed by atoms with Crippen molar-refractivity contribution in [2.24, 2.45) is 0 Å². The molecule has 6 fully saturated rings. The Morgan fingerprint density at radius 1 is 0.420 bits per heavy atom. The molecule has 9 heterocycles. The highest BCUT2D eigenvalue weighted by atomic mass is 15.5. The summed E-state index contributed by atoms with van der Waals surface area (Å²) in [5.74, 6) is 0. The molecule has 1 N–H and O–H groups in total. The van der Waals surface area contributed by atoms with Crippen molar-refractivity contribution in [3.8, 4) is 0 Å². The minimum Gasteiger partial charge on any atom is -0.382 e. The van der Waals surface area contributed by atoms with Crippen LogP contribution in [0.5, 0.6) is 0 Å². The lowest BCUT2D eigenvalue weighted by molar-refractivity contribution is -1.08. The fourth-order valence-electron chi connectivity index (χ4n) is 14.8. The number of hydrogen-bond donors (Lipinski definition) is 1. The Balaban J connectivity index is 0.549. The van der Waals surface area contributed by atoms with Gasteiger partial charge in [-0.25, -0.2) is 32.0 Å². The minimum absolute atomic E-state index is 0.814. The zero-order valence-corrected chi connectivity index (χ0v) is 54.3. The number of rotatable bonds is 36. The zero-order valence-electron chi connectivity index (χ0n) is 54.3. The summed E-state index contributed by atoms with van der Waals surface area (Å²) in [6.45, 7) is 36.7. The highest BCUT2D eigenvalue weighted by Crippen LogP contribution is 2.31. The van der Waals surface area contributed by atoms with E-state index < -0.39 is 0 Å². The van der Waals surface area contributed by atoms with Gasteiger partial charge in [0.15, 0.2) is 6.20 Å². The second kappa shape index (κ2) is 30.7. The largest absolute Gasteiger partial charge is 0.382 e. The molecule has 0 amide bonds. The SMILES string of the molecule is C=[N+](/C=C\NCc1ccc(Cn2cc[n+](Cc3ccc(C[N+]45CC[N+](C/C=C/C[N+]67CC[N+](Cc8ccc(C[n+]9ccn(Cc%10ccc(C[n+]%11ccn(CCCCCCCC)c%11)cc%10)c9)cc8)(CC6)CC7)(CC4)CC5)cc3)c2)cc1)CCCCCCCC. The summed E-state index contributed by atoms with van der Waals surface area (Å²) in [5.41, 5.74) is 11.0. The standard InChI is InChI=1S/C76H110N12/c1-4-6-8-10-12-14-35-78(3)37-34-77-58-69-18-20-70(21-19-69)60-81-40-42-83(67-81)62-73-26-30-75(31-27-73)64-87-52-46-85(47-53-87,48-54-87)44-16-17-45-86-49-55-88(56-50-86,57-51-86)65-76-32-28-74(29-33-76)63-84-43-41-82(68-84)61-72-24-22-71(23-25-72)59-80-39-38-79(66-80)36-15-13-11-9-7-5-2/h16-34,37-43,66-68,77H,3-15,35-36,44-65H2,1-2H3/q+8/b17-16+,37-34-. The second-order valence-electron chi connectivity index (χ2n) is 27.9. The van der Waals surface area contributed by atoms with E-state index in [4.69, 9.17) is 0 Å². The molecule has 6 aliphatic heterocycles. The van der Waals surface area contributed by atoms with Crippen LogP contribution in [0, 0.1) is 0 Å². The highest BCUT2D eigenvalue weighted by Gasteiger charge is 2.50. The molecule has 0 unspecified atom stereocenters. The molecule has 12 heteroatoms. The van der Waals surface area contributed by atoms with E-state index in [0.29, 0.717) is 0 Å². The molecule has 12 nitrogen and oxygen atoms in total. The van der Waals surface area contributed by atoms with Crippen LogP contribution >= 0.6 is 0 Å². The number of aryl methyl sites for hydroxylation is 1. The van der Waals surface area contributed by atoms with Gasteiger partial charge in [-0.2, -0.15) is 0 Å². The van der Waals surface area contributed by atoms with Crippen LogP contribution in [0.25, 0.3) is 0 Å². The molecule has 0 radical (unpaired) electrons. The average Bonchev–Trinajstić information content (AvgIpc) is 1.20. The van der Waals surface area contributed by atoms with Gasteiger partial charge in [-0.3, -0.25) is 0 Å². The summed E-state index contributed by atoms with van der Waals surface area (Å²) < 4.78 is 21.1. The number of nitrogens with zero attached hydrogens (tertiary/aromatic N) is 11. The molecule has 4 bridgehead atoms. The lowest BCUT2D eigenvalue weighted by Crippen LogP contribution is -2.74. The number of quaternary nitrogens is 4. The van der Waals surface area contributed by atoms with Crippen molar-refractivity contribution in [3.05, 3.63) is 222 Å². The second-order valence-corrected chi connectivity index (χ2v) is 27.9. The lowest BCUT2D eigenvalue weighted by Gasteiger charge is -2.55. The quantitative estimate of drug-likeness (QED) is 0.0137. The van der Waals surface area contributed by atoms with Gasteiger partial charge in [0, 0.05) is 24.1 Å². The highest BCUT2D eigenvalue weighted by molar-refractivity contribution is 5.25. The number of hydrogen-bond acceptors (Lipinski definition) is 1. The Morgan fingerprint density at radius 3 is 1.22 bits per heavy atom. The van der Waals surface area contributed by atoms with E-state index >= 15 is 0 Å². The monoisotopic (exact) mass is 1190 g/mol. The zero-order chi connectivity index (χ0) is 60.3. The first kappa shape index (κ1) is 62.9. The van der Waals surface area contributed by atoms with Gasteiger partial charge >= 0.3 is 0 Å². The van der Waals surface area contributed by atoms with Gasteiger partial charge in [0.1, 0.15) is 175 Å². The first-order valence-electron chi connectivity index (χ1n) is 34.6. The van der Waals surface area contributed by atoms with Crippen molar-refractivity contribution in [2.75, 3.05) is 98.2 Å². The fraction of sp³-hybridized carbons (Fsp3) is 0.500. The van der Waals surface area contributed by atoms with Crippen LogP contribution in [-0.2, 0) is 58.9 Å². The minimum atomic E-state index is 0.814. The molecule has 13 rings (SSSR count). The van der Waals surface area contributed by atoms with Crippen molar-refractivity contribution < 1.29 is 36.2 Å². The van der Waals surface area contributed by atoms with E-state index in [1.807, 2.05) is 10.8 Å². The number of unbranched alkanes of at least 4 members (excludes halogenated alkanes) is 10. The van der Waals surface area contributed by atoms with Crippen LogP contribution in [0.15, 0.2) is 178 Å². The molecule has 4 aromatic carbocycles. The van der Waals surface area contributed by atoms with Gasteiger partial charge in [0.05, 0.1) is 25.8 Å². The van der Waals surface area contributed by atoms with Crippen LogP contribution in [-0.4, -0.2) is 141 Å². The molecule has 0 saturated carbocycles. The maximum Gasteiger partial charge on any atom is 0.244 e. The molecular weight excluding hydrogens is 1080 g/mol. The Labute approximate surface area is 529 Å². The van der Waals surface area contributed by atoms with Crippen molar-refractivity contribution in [2.45, 2.75) is 150 Å². The van der Waals surface area contributed by atoms with E-state index in [9.17, 15) is 0 Å². The third-order valence-corrected chi connectivity index (χ3v) is 20.9. The van der Waals surface area contributed by atoms with E-state index in [0.717, 1.165) is 52.4 Å². The third-order valence-electron chi connectivity index (χ3n) is 20.9. The Morgan fingerprint density at radius 2 is 0.773 bits per heavy atom. The Hall–Kier alpha value is -6.70. The van der Waals surface area contributed by atoms with Crippen LogP contribution in [0.4, 0.5) is 0 Å². The molecule has 7 aromatic rings. The summed E-state index contributed by atoms with van der Waals surface area (Å²) in [6, 6.07) is 37.3. The van der Waals surface area contributed by atoms with E-state index in [-0.39, 0.29) is 0 Å². The molecule has 0 atom stereocenters. The number of fused-ring (bicyclic) bond motifs is 6. The molecule has 0 aliphatic carbocycles. The van der Waals surface area contributed by atoms with E-state index in [2.05, 4.69) is 225 Å². The summed E-state index contributed by atoms with van der Waals surface area (Å²) in [5, 5.41) is 3.44. The number of piperazine rings is 6. The van der Waals surface area contributed by atoms with E-state index in [1.165, 1.54) is 244 Å². The molecule has 6 aliphatic rings. The number of imidazole rings is 3. The first-order chi connectivity index (χ1) is 43.1. The predicted molar refractivity (Wildman–Crippen MR) is 356 cm³/mol. The molecule has 3 aromatic heterocycles. The molecule has 466 valence electrons. The van der Waals surface area contributed by atoms with Gasteiger partial charge < -0.3 is 23.2 Å². The lowest BCUT2D eigenvalue weighted by atomic mass is 10.0. The van der Waals surface area contributed by atoms with Crippen molar-refractivity contribution >= 4 is 6.72 Å². The molecule has 88 heavy (non-hydrogen) atoms. The maximum absolute atomic E-state index is 4.17. The van der Waals surface area contributed by atoms with Crippen LogP contribution in [0.3, 0.4) is 0 Å². The van der Waals surface area contributed by atoms with Crippen LogP contribution < -0.4 is 19.0 Å². The average molecular weight is 1190 g/mol. The first-order valence-corrected chi connectivity index (χ1v) is 34.6. The van der Waals surface area contributed by atoms with Gasteiger partial charge in [-0.1, -0.05) is 162 Å². The third kappa shape index (κ3) is 18.0. The number of aromatic nitrogens is 6. The normalized spacial score (nSPS) is 21.5. The number of nitrogens with one attached hydrogen (secondary N) is 1. The molecule has 6 saturated heterocycles. The molecular formula is C76H110N12+8. The van der Waals surface area contributed by atoms with E-state index in [1.54, 1.807) is 0 Å². The smallest absolute Gasteiger partial charge is 0.244 e. The van der Waals surface area contributed by atoms with Crippen molar-refractivity contribution in [3.63, 3.8) is 0 Å². The fourth-order valence-corrected chi connectivity index (χ4v) is 14.8. The predicted octanol–water partition coefficient (Wildman–Crippen LogP) is 10.8. The number of benzene rings is 4. The summed E-state index contributed by atoms with van der Waals surface area (Å²) >= 11 is 0. The topological polar surface area (TPSA) is 41.5 Å². The van der Waals surface area contributed by atoms with Crippen LogP contribution in [0.2, 0.25) is 0 Å². The van der Waals surface area contributed by atoms with Crippen molar-refractivity contribution in [1.82, 2.24) is 19.0 Å². The Bertz CT molecular complexity index is 3260.